The Labute approximate surface area is 122 Å². The van der Waals surface area contributed by atoms with Crippen molar-refractivity contribution in [3.63, 3.8) is 0 Å². The highest BCUT2D eigenvalue weighted by Gasteiger charge is 2.27. The Morgan fingerprint density at radius 2 is 2.10 bits per heavy atom. The second-order valence-electron chi connectivity index (χ2n) is 4.51. The standard InChI is InChI=1S/C14H19NO4S/c16-6-8-20-13-3-1-11(2-4-13)14(18)15-5-7-19-10-12(15)9-17/h1-4,12,16-17H,5-10H2/t12-/m0/s1. The molecule has 0 saturated carbocycles. The molecule has 6 heteroatoms. The van der Waals surface area contributed by atoms with Crippen LogP contribution in [-0.2, 0) is 4.74 Å². The minimum atomic E-state index is -0.264. The van der Waals surface area contributed by atoms with Gasteiger partial charge < -0.3 is 19.8 Å². The summed E-state index contributed by atoms with van der Waals surface area (Å²) in [6.07, 6.45) is 0. The zero-order valence-corrected chi connectivity index (χ0v) is 12.0. The van der Waals surface area contributed by atoms with Gasteiger partial charge in [-0.15, -0.1) is 11.8 Å². The number of nitrogens with zero attached hydrogens (tertiary/aromatic N) is 1. The Kier molecular flexibility index (Phi) is 5.85. The van der Waals surface area contributed by atoms with Crippen molar-refractivity contribution in [1.82, 2.24) is 4.90 Å². The van der Waals surface area contributed by atoms with E-state index in [2.05, 4.69) is 0 Å². The van der Waals surface area contributed by atoms with E-state index in [0.29, 0.717) is 31.1 Å². The van der Waals surface area contributed by atoms with Crippen LogP contribution in [0.5, 0.6) is 0 Å². The number of morpholine rings is 1. The van der Waals surface area contributed by atoms with Gasteiger partial charge in [-0.3, -0.25) is 4.79 Å². The molecule has 1 aromatic carbocycles. The zero-order chi connectivity index (χ0) is 14.4. The maximum Gasteiger partial charge on any atom is 0.254 e. The Bertz CT molecular complexity index is 437. The van der Waals surface area contributed by atoms with Crippen molar-refractivity contribution in [3.05, 3.63) is 29.8 Å². The number of hydrogen-bond donors (Lipinski definition) is 2. The lowest BCUT2D eigenvalue weighted by atomic mass is 10.1. The highest BCUT2D eigenvalue weighted by atomic mass is 32.2. The molecule has 0 aliphatic carbocycles. The van der Waals surface area contributed by atoms with Crippen molar-refractivity contribution >= 4 is 17.7 Å². The number of carbonyl (C=O) groups excluding carboxylic acids is 1. The third kappa shape index (κ3) is 3.73. The van der Waals surface area contributed by atoms with Gasteiger partial charge in [0.15, 0.2) is 0 Å². The highest BCUT2D eigenvalue weighted by Crippen LogP contribution is 2.19. The molecule has 20 heavy (non-hydrogen) atoms. The monoisotopic (exact) mass is 297 g/mol. The molecule has 0 aromatic heterocycles. The summed E-state index contributed by atoms with van der Waals surface area (Å²) in [5, 5.41) is 18.1. The lowest BCUT2D eigenvalue weighted by Crippen LogP contribution is -2.50. The molecule has 110 valence electrons. The summed E-state index contributed by atoms with van der Waals surface area (Å²) in [7, 11) is 0. The second-order valence-corrected chi connectivity index (χ2v) is 5.67. The van der Waals surface area contributed by atoms with Crippen LogP contribution in [-0.4, -0.2) is 65.8 Å². The number of ether oxygens (including phenoxy) is 1. The molecular formula is C14H19NO4S. The van der Waals surface area contributed by atoms with Crippen LogP contribution in [0.1, 0.15) is 10.4 Å². The van der Waals surface area contributed by atoms with Gasteiger partial charge in [0, 0.05) is 22.8 Å². The molecule has 1 aromatic rings. The fourth-order valence-corrected chi connectivity index (χ4v) is 2.75. The van der Waals surface area contributed by atoms with E-state index in [1.54, 1.807) is 28.8 Å². The summed E-state index contributed by atoms with van der Waals surface area (Å²) >= 11 is 1.55. The van der Waals surface area contributed by atoms with Gasteiger partial charge in [0.2, 0.25) is 0 Å². The zero-order valence-electron chi connectivity index (χ0n) is 11.2. The summed E-state index contributed by atoms with van der Waals surface area (Å²) in [6.45, 7) is 1.44. The molecule has 1 heterocycles. The van der Waals surface area contributed by atoms with Crippen LogP contribution < -0.4 is 0 Å². The van der Waals surface area contributed by atoms with Gasteiger partial charge in [0.05, 0.1) is 32.5 Å². The summed E-state index contributed by atoms with van der Waals surface area (Å²) in [6, 6.07) is 7.06. The predicted octanol–water partition coefficient (Wildman–Crippen LogP) is 0.604. The van der Waals surface area contributed by atoms with Gasteiger partial charge in [-0.05, 0) is 24.3 Å². The number of aliphatic hydroxyl groups excluding tert-OH is 2. The Balaban J connectivity index is 2.04. The van der Waals surface area contributed by atoms with Crippen LogP contribution in [0.2, 0.25) is 0 Å². The SMILES string of the molecule is O=C(c1ccc(SCCO)cc1)N1CCOC[C@@H]1CO. The largest absolute Gasteiger partial charge is 0.396 e. The molecule has 1 aliphatic heterocycles. The first-order chi connectivity index (χ1) is 9.76. The van der Waals surface area contributed by atoms with Crippen molar-refractivity contribution in [1.29, 1.82) is 0 Å². The molecule has 2 N–H and O–H groups in total. The number of carbonyl (C=O) groups is 1. The minimum absolute atomic E-state index is 0.0777. The number of thioether (sulfide) groups is 1. The second kappa shape index (κ2) is 7.64. The number of amides is 1. The van der Waals surface area contributed by atoms with Crippen molar-refractivity contribution in [2.24, 2.45) is 0 Å². The molecular weight excluding hydrogens is 278 g/mol. The minimum Gasteiger partial charge on any atom is -0.396 e. The van der Waals surface area contributed by atoms with E-state index < -0.39 is 0 Å². The summed E-state index contributed by atoms with van der Waals surface area (Å²) in [5.41, 5.74) is 0.610. The van der Waals surface area contributed by atoms with E-state index in [0.717, 1.165) is 4.90 Å². The lowest BCUT2D eigenvalue weighted by Gasteiger charge is -2.34. The van der Waals surface area contributed by atoms with Crippen LogP contribution in [0.4, 0.5) is 0 Å². The number of aliphatic hydroxyl groups is 2. The molecule has 0 spiro atoms. The van der Waals surface area contributed by atoms with Crippen LogP contribution >= 0.6 is 11.8 Å². The number of rotatable bonds is 5. The lowest BCUT2D eigenvalue weighted by molar-refractivity contribution is -0.0183. The first-order valence-corrected chi connectivity index (χ1v) is 7.58. The van der Waals surface area contributed by atoms with Crippen LogP contribution in [0, 0.1) is 0 Å². The van der Waals surface area contributed by atoms with Gasteiger partial charge in [-0.1, -0.05) is 0 Å². The maximum atomic E-state index is 12.4. The molecule has 0 radical (unpaired) electrons. The van der Waals surface area contributed by atoms with E-state index >= 15 is 0 Å². The molecule has 5 nitrogen and oxygen atoms in total. The van der Waals surface area contributed by atoms with Crippen molar-refractivity contribution in [2.75, 3.05) is 38.7 Å². The van der Waals surface area contributed by atoms with Gasteiger partial charge >= 0.3 is 0 Å². The highest BCUT2D eigenvalue weighted by molar-refractivity contribution is 7.99. The maximum absolute atomic E-state index is 12.4. The smallest absolute Gasteiger partial charge is 0.254 e. The number of hydrogen-bond acceptors (Lipinski definition) is 5. The molecule has 1 saturated heterocycles. The molecule has 1 amide bonds. The number of benzene rings is 1. The topological polar surface area (TPSA) is 70.0 Å². The van der Waals surface area contributed by atoms with Gasteiger partial charge in [0.1, 0.15) is 0 Å². The first kappa shape index (κ1) is 15.3. The molecule has 1 atom stereocenters. The van der Waals surface area contributed by atoms with Gasteiger partial charge in [-0.2, -0.15) is 0 Å². The van der Waals surface area contributed by atoms with Crippen LogP contribution in [0.3, 0.4) is 0 Å². The van der Waals surface area contributed by atoms with E-state index in [-0.39, 0.29) is 25.2 Å². The van der Waals surface area contributed by atoms with Gasteiger partial charge in [0.25, 0.3) is 5.91 Å². The third-order valence-electron chi connectivity index (χ3n) is 3.16. The fraction of sp³-hybridized carbons (Fsp3) is 0.500. The fourth-order valence-electron chi connectivity index (χ4n) is 2.10. The van der Waals surface area contributed by atoms with E-state index in [9.17, 15) is 9.90 Å². The normalized spacial score (nSPS) is 19.1. The van der Waals surface area contributed by atoms with Gasteiger partial charge in [-0.25, -0.2) is 0 Å². The molecule has 1 fully saturated rings. The van der Waals surface area contributed by atoms with Crippen LogP contribution in [0.25, 0.3) is 0 Å². The summed E-state index contributed by atoms with van der Waals surface area (Å²) < 4.78 is 5.27. The van der Waals surface area contributed by atoms with Crippen molar-refractivity contribution in [2.45, 2.75) is 10.9 Å². The quantitative estimate of drug-likeness (QED) is 0.779. The molecule has 0 bridgehead atoms. The average molecular weight is 297 g/mol. The van der Waals surface area contributed by atoms with E-state index in [1.807, 2.05) is 12.1 Å². The Morgan fingerprint density at radius 1 is 1.35 bits per heavy atom. The first-order valence-electron chi connectivity index (χ1n) is 6.59. The predicted molar refractivity (Wildman–Crippen MR) is 77.0 cm³/mol. The third-order valence-corrected chi connectivity index (χ3v) is 4.15. The van der Waals surface area contributed by atoms with E-state index in [1.165, 1.54) is 0 Å². The van der Waals surface area contributed by atoms with E-state index in [4.69, 9.17) is 9.84 Å². The van der Waals surface area contributed by atoms with Crippen molar-refractivity contribution in [3.8, 4) is 0 Å². The molecule has 0 unspecified atom stereocenters. The summed E-state index contributed by atoms with van der Waals surface area (Å²) in [4.78, 5) is 15.1. The Morgan fingerprint density at radius 3 is 2.75 bits per heavy atom. The Hall–Kier alpha value is -1.08. The van der Waals surface area contributed by atoms with Crippen molar-refractivity contribution < 1.29 is 19.7 Å². The molecule has 1 aliphatic rings. The summed E-state index contributed by atoms with van der Waals surface area (Å²) in [5.74, 6) is 0.564. The van der Waals surface area contributed by atoms with Crippen LogP contribution in [0.15, 0.2) is 29.2 Å². The average Bonchev–Trinajstić information content (AvgIpc) is 2.52. The molecule has 2 rings (SSSR count).